The van der Waals surface area contributed by atoms with Crippen LogP contribution in [0.25, 0.3) is 0 Å². The maximum atomic E-state index is 12.0. The Morgan fingerprint density at radius 2 is 2.36 bits per heavy atom. The van der Waals surface area contributed by atoms with Crippen LogP contribution in [0.5, 0.6) is 0 Å². The minimum absolute atomic E-state index is 0.00899. The number of anilines is 1. The van der Waals surface area contributed by atoms with Crippen molar-refractivity contribution >= 4 is 39.1 Å². The van der Waals surface area contributed by atoms with E-state index in [1.807, 2.05) is 0 Å². The van der Waals surface area contributed by atoms with Gasteiger partial charge < -0.3 is 10.1 Å². The lowest BCUT2D eigenvalue weighted by atomic mass is 10.1. The van der Waals surface area contributed by atoms with Gasteiger partial charge in [0.1, 0.15) is 17.3 Å². The lowest BCUT2D eigenvalue weighted by molar-refractivity contribution is -0.380. The van der Waals surface area contributed by atoms with Gasteiger partial charge in [-0.1, -0.05) is 11.8 Å². The average molecular weight is 379 g/mol. The molecule has 0 saturated carbocycles. The largest absolute Gasteiger partial charge is 0.380 e. The average Bonchev–Trinajstić information content (AvgIpc) is 3.01. The molecule has 2 heterocycles. The van der Waals surface area contributed by atoms with Gasteiger partial charge in [0.25, 0.3) is 0 Å². The quantitative estimate of drug-likeness (QED) is 0.441. The molecule has 2 rings (SSSR count). The van der Waals surface area contributed by atoms with E-state index in [4.69, 9.17) is 4.74 Å². The van der Waals surface area contributed by atoms with Crippen molar-refractivity contribution in [3.05, 3.63) is 39.2 Å². The number of pyridine rings is 1. The Balaban J connectivity index is 2.06. The molecule has 2 aromatic heterocycles. The molecule has 0 saturated heterocycles. The van der Waals surface area contributed by atoms with Crippen molar-refractivity contribution in [1.82, 2.24) is 9.97 Å². The van der Waals surface area contributed by atoms with Crippen molar-refractivity contribution in [2.24, 2.45) is 0 Å². The number of methoxy groups -OCH3 is 1. The molecule has 0 unspecified atom stereocenters. The van der Waals surface area contributed by atoms with E-state index < -0.39 is 10.8 Å². The molecule has 0 bridgehead atoms. The van der Waals surface area contributed by atoms with Gasteiger partial charge >= 0.3 is 5.00 Å². The Kier molecular flexibility index (Phi) is 6.40. The van der Waals surface area contributed by atoms with E-state index in [0.717, 1.165) is 29.3 Å². The maximum Gasteiger partial charge on any atom is 0.345 e. The van der Waals surface area contributed by atoms with Crippen LogP contribution in [0.2, 0.25) is 0 Å². The van der Waals surface area contributed by atoms with Crippen molar-refractivity contribution in [2.45, 2.75) is 18.6 Å². The maximum absolute atomic E-state index is 12.0. The van der Waals surface area contributed by atoms with Crippen LogP contribution in [0.3, 0.4) is 0 Å². The number of ether oxygens (including phenoxy) is 1. The van der Waals surface area contributed by atoms with E-state index >= 15 is 0 Å². The number of carbonyl (C=O) groups excluding carboxylic acids is 1. The SMILES string of the molecule is COCc1cc(C)nc(SCC(=O)Nc2ncc([N+](=O)[O-])s2)c1C#N. The number of nitrogens with one attached hydrogen (secondary N) is 1. The molecule has 1 N–H and O–H groups in total. The number of thiazole rings is 1. The predicted molar refractivity (Wildman–Crippen MR) is 92.5 cm³/mol. The van der Waals surface area contributed by atoms with Crippen LogP contribution < -0.4 is 5.32 Å². The Labute approximate surface area is 151 Å². The zero-order chi connectivity index (χ0) is 18.4. The second-order valence-corrected chi connectivity index (χ2v) is 6.72. The monoisotopic (exact) mass is 379 g/mol. The van der Waals surface area contributed by atoms with Gasteiger partial charge in [-0.25, -0.2) is 9.97 Å². The molecule has 25 heavy (non-hydrogen) atoms. The van der Waals surface area contributed by atoms with Crippen LogP contribution in [0.15, 0.2) is 17.3 Å². The number of thioether (sulfide) groups is 1. The zero-order valence-corrected chi connectivity index (χ0v) is 14.9. The molecular weight excluding hydrogens is 366 g/mol. The van der Waals surface area contributed by atoms with Crippen molar-refractivity contribution in [3.8, 4) is 6.07 Å². The molecule has 2 aromatic rings. The summed E-state index contributed by atoms with van der Waals surface area (Å²) in [5.41, 5.74) is 1.79. The topological polar surface area (TPSA) is 131 Å². The van der Waals surface area contributed by atoms with Gasteiger partial charge in [-0.3, -0.25) is 14.9 Å². The third kappa shape index (κ3) is 4.96. The minimum atomic E-state index is -0.574. The number of aromatic nitrogens is 2. The van der Waals surface area contributed by atoms with Gasteiger partial charge in [0.05, 0.1) is 22.8 Å². The van der Waals surface area contributed by atoms with Gasteiger partial charge in [0.2, 0.25) is 5.91 Å². The second-order valence-electron chi connectivity index (χ2n) is 4.75. The van der Waals surface area contributed by atoms with Crippen LogP contribution in [-0.4, -0.2) is 33.7 Å². The molecule has 0 atom stereocenters. The molecule has 0 aliphatic carbocycles. The summed E-state index contributed by atoms with van der Waals surface area (Å²) in [6.45, 7) is 2.06. The Hall–Kier alpha value is -2.55. The Morgan fingerprint density at radius 1 is 1.60 bits per heavy atom. The van der Waals surface area contributed by atoms with Crippen LogP contribution in [0.1, 0.15) is 16.8 Å². The van der Waals surface area contributed by atoms with Gasteiger partial charge in [0, 0.05) is 12.8 Å². The molecule has 0 radical (unpaired) electrons. The van der Waals surface area contributed by atoms with E-state index in [1.165, 1.54) is 7.11 Å². The number of nitrogens with zero attached hydrogens (tertiary/aromatic N) is 4. The first-order chi connectivity index (χ1) is 11.9. The number of nitriles is 1. The summed E-state index contributed by atoms with van der Waals surface area (Å²) in [7, 11) is 1.53. The van der Waals surface area contributed by atoms with Gasteiger partial charge in [-0.15, -0.1) is 0 Å². The highest BCUT2D eigenvalue weighted by atomic mass is 32.2. The molecule has 0 aromatic carbocycles. The molecule has 11 heteroatoms. The molecule has 9 nitrogen and oxygen atoms in total. The number of amides is 1. The summed E-state index contributed by atoms with van der Waals surface area (Å²) >= 11 is 1.88. The van der Waals surface area contributed by atoms with Crippen molar-refractivity contribution in [3.63, 3.8) is 0 Å². The van der Waals surface area contributed by atoms with Gasteiger partial charge in [-0.05, 0) is 29.9 Å². The van der Waals surface area contributed by atoms with Crippen molar-refractivity contribution in [1.29, 1.82) is 5.26 Å². The lowest BCUT2D eigenvalue weighted by Gasteiger charge is -2.09. The van der Waals surface area contributed by atoms with E-state index in [2.05, 4.69) is 21.4 Å². The molecule has 0 aliphatic rings. The number of rotatable bonds is 7. The standard InChI is InChI=1S/C14H13N5O4S2/c1-8-3-9(6-23-2)10(4-15)13(17-8)24-7-11(20)18-14-16-5-12(25-14)19(21)22/h3,5H,6-7H2,1-2H3,(H,16,18,20). The fraction of sp³-hybridized carbons (Fsp3) is 0.286. The first-order valence-electron chi connectivity index (χ1n) is 6.87. The number of aryl methyl sites for hydroxylation is 1. The molecule has 130 valence electrons. The number of hydrogen-bond donors (Lipinski definition) is 1. The third-order valence-corrected chi connectivity index (χ3v) is 4.71. The Morgan fingerprint density at radius 3 is 2.96 bits per heavy atom. The lowest BCUT2D eigenvalue weighted by Crippen LogP contribution is -2.14. The van der Waals surface area contributed by atoms with Crippen molar-refractivity contribution < 1.29 is 14.5 Å². The van der Waals surface area contributed by atoms with Crippen LogP contribution in [0, 0.1) is 28.4 Å². The van der Waals surface area contributed by atoms with E-state index in [0.29, 0.717) is 21.8 Å². The molecule has 0 fully saturated rings. The van der Waals surface area contributed by atoms with Crippen LogP contribution >= 0.6 is 23.1 Å². The molecule has 0 spiro atoms. The minimum Gasteiger partial charge on any atom is -0.380 e. The van der Waals surface area contributed by atoms with Gasteiger partial charge in [0.15, 0.2) is 5.13 Å². The fourth-order valence-corrected chi connectivity index (χ4v) is 3.42. The normalized spacial score (nSPS) is 10.3. The number of carbonyl (C=O) groups is 1. The first kappa shape index (κ1) is 18.8. The van der Waals surface area contributed by atoms with E-state index in [-0.39, 0.29) is 22.5 Å². The van der Waals surface area contributed by atoms with Gasteiger partial charge in [-0.2, -0.15) is 5.26 Å². The molecular formula is C14H13N5O4S2. The summed E-state index contributed by atoms with van der Waals surface area (Å²) in [6, 6.07) is 3.85. The van der Waals surface area contributed by atoms with Crippen LogP contribution in [-0.2, 0) is 16.1 Å². The smallest absolute Gasteiger partial charge is 0.345 e. The van der Waals surface area contributed by atoms with E-state index in [9.17, 15) is 20.2 Å². The molecule has 0 aliphatic heterocycles. The molecule has 1 amide bonds. The third-order valence-electron chi connectivity index (χ3n) is 2.87. The number of hydrogen-bond acceptors (Lipinski definition) is 9. The predicted octanol–water partition coefficient (Wildman–Crippen LogP) is 2.50. The summed E-state index contributed by atoms with van der Waals surface area (Å²) in [6.07, 6.45) is 1.08. The highest BCUT2D eigenvalue weighted by Gasteiger charge is 2.16. The van der Waals surface area contributed by atoms with Crippen molar-refractivity contribution in [2.75, 3.05) is 18.2 Å². The highest BCUT2D eigenvalue weighted by molar-refractivity contribution is 8.00. The number of nitro groups is 1. The first-order valence-corrected chi connectivity index (χ1v) is 8.67. The van der Waals surface area contributed by atoms with E-state index in [1.54, 1.807) is 13.0 Å². The zero-order valence-electron chi connectivity index (χ0n) is 13.3. The summed E-state index contributed by atoms with van der Waals surface area (Å²) < 4.78 is 5.08. The highest BCUT2D eigenvalue weighted by Crippen LogP contribution is 2.27. The second kappa shape index (κ2) is 8.52. The summed E-state index contributed by atoms with van der Waals surface area (Å²) in [4.78, 5) is 30.1. The fourth-order valence-electron chi connectivity index (χ4n) is 1.90. The summed E-state index contributed by atoms with van der Waals surface area (Å²) in [5, 5.41) is 22.9. The van der Waals surface area contributed by atoms with Crippen LogP contribution in [0.4, 0.5) is 10.1 Å². The summed E-state index contributed by atoms with van der Waals surface area (Å²) in [5.74, 6) is -0.403. The Bertz CT molecular complexity index is 846.